The van der Waals surface area contributed by atoms with Crippen LogP contribution in [-0.4, -0.2) is 29.3 Å². The maximum absolute atomic E-state index is 11.9. The highest BCUT2D eigenvalue weighted by molar-refractivity contribution is 6.30. The number of halogens is 1. The van der Waals surface area contributed by atoms with Gasteiger partial charge in [0.05, 0.1) is 0 Å². The molecule has 0 saturated carbocycles. The Morgan fingerprint density at radius 2 is 2.10 bits per heavy atom. The van der Waals surface area contributed by atoms with E-state index < -0.39 is 0 Å². The van der Waals surface area contributed by atoms with Gasteiger partial charge in [0.1, 0.15) is 0 Å². The lowest BCUT2D eigenvalue weighted by Gasteiger charge is -2.27. The van der Waals surface area contributed by atoms with Gasteiger partial charge in [-0.25, -0.2) is 0 Å². The van der Waals surface area contributed by atoms with Crippen molar-refractivity contribution < 1.29 is 9.59 Å². The molecule has 1 aromatic rings. The van der Waals surface area contributed by atoms with Gasteiger partial charge < -0.3 is 10.2 Å². The van der Waals surface area contributed by atoms with Crippen molar-refractivity contribution in [3.05, 3.63) is 29.3 Å². The molecule has 0 aliphatic carbocycles. The van der Waals surface area contributed by atoms with E-state index in [1.807, 2.05) is 13.8 Å². The van der Waals surface area contributed by atoms with Gasteiger partial charge in [-0.05, 0) is 31.5 Å². The number of rotatable bonds is 6. The van der Waals surface area contributed by atoms with Crippen LogP contribution in [0.5, 0.6) is 0 Å². The van der Waals surface area contributed by atoms with Crippen molar-refractivity contribution in [1.82, 2.24) is 4.90 Å². The summed E-state index contributed by atoms with van der Waals surface area (Å²) in [5.41, 5.74) is 0.667. The summed E-state index contributed by atoms with van der Waals surface area (Å²) in [6.45, 7) is 5.96. The number of amides is 2. The second-order valence-corrected chi connectivity index (χ2v) is 5.21. The van der Waals surface area contributed by atoms with E-state index in [0.717, 1.165) is 6.42 Å². The molecular weight excluding hydrogens is 276 g/mol. The van der Waals surface area contributed by atoms with Gasteiger partial charge in [-0.1, -0.05) is 24.6 Å². The first-order valence-electron chi connectivity index (χ1n) is 6.76. The molecule has 0 saturated heterocycles. The van der Waals surface area contributed by atoms with E-state index in [-0.39, 0.29) is 24.3 Å². The van der Waals surface area contributed by atoms with E-state index in [4.69, 9.17) is 11.6 Å². The number of hydrogen-bond acceptors (Lipinski definition) is 2. The first-order chi connectivity index (χ1) is 9.43. The zero-order chi connectivity index (χ0) is 15.1. The summed E-state index contributed by atoms with van der Waals surface area (Å²) in [6, 6.07) is 7.14. The molecule has 1 atom stereocenters. The van der Waals surface area contributed by atoms with E-state index >= 15 is 0 Å². The van der Waals surface area contributed by atoms with Crippen LogP contribution in [0, 0.1) is 0 Å². The van der Waals surface area contributed by atoms with Crippen LogP contribution in [0.25, 0.3) is 0 Å². The largest absolute Gasteiger partial charge is 0.340 e. The van der Waals surface area contributed by atoms with Gasteiger partial charge in [0.2, 0.25) is 11.8 Å². The summed E-state index contributed by atoms with van der Waals surface area (Å²) in [6.07, 6.45) is 1.14. The highest BCUT2D eigenvalue weighted by atomic mass is 35.5. The van der Waals surface area contributed by atoms with Crippen molar-refractivity contribution in [3.63, 3.8) is 0 Å². The molecular formula is C15H21ClN2O2. The highest BCUT2D eigenvalue weighted by Crippen LogP contribution is 2.15. The van der Waals surface area contributed by atoms with Gasteiger partial charge >= 0.3 is 0 Å². The number of benzene rings is 1. The molecule has 0 radical (unpaired) electrons. The molecule has 0 aliphatic heterocycles. The van der Waals surface area contributed by atoms with E-state index in [0.29, 0.717) is 17.3 Å². The molecule has 0 fully saturated rings. The number of carbonyl (C=O) groups is 2. The Bertz CT molecular complexity index is 477. The predicted octanol–water partition coefficient (Wildman–Crippen LogP) is 3.32. The fraction of sp³-hybridized carbons (Fsp3) is 0.467. The van der Waals surface area contributed by atoms with Crippen LogP contribution in [0.15, 0.2) is 24.3 Å². The molecule has 1 N–H and O–H groups in total. The molecule has 110 valence electrons. The Balaban J connectivity index is 2.52. The van der Waals surface area contributed by atoms with Gasteiger partial charge in [-0.15, -0.1) is 0 Å². The van der Waals surface area contributed by atoms with E-state index in [9.17, 15) is 9.59 Å². The van der Waals surface area contributed by atoms with Gasteiger partial charge in [0.15, 0.2) is 0 Å². The summed E-state index contributed by atoms with van der Waals surface area (Å²) in [4.78, 5) is 25.1. The molecule has 20 heavy (non-hydrogen) atoms. The number of hydrogen-bond donors (Lipinski definition) is 1. The topological polar surface area (TPSA) is 49.4 Å². The normalized spacial score (nSPS) is 11.8. The third kappa shape index (κ3) is 5.21. The zero-order valence-electron chi connectivity index (χ0n) is 12.1. The standard InChI is InChI=1S/C15H21ClN2O2/c1-4-11(2)18(12(3)19)9-8-15(20)17-14-7-5-6-13(16)10-14/h5-7,10-11H,4,8-9H2,1-3H3,(H,17,20). The Morgan fingerprint density at radius 1 is 1.40 bits per heavy atom. The van der Waals surface area contributed by atoms with Gasteiger partial charge in [0, 0.05) is 36.6 Å². The van der Waals surface area contributed by atoms with Crippen molar-refractivity contribution in [3.8, 4) is 0 Å². The second-order valence-electron chi connectivity index (χ2n) is 4.78. The number of nitrogens with one attached hydrogen (secondary N) is 1. The number of carbonyl (C=O) groups excluding carboxylic acids is 2. The number of anilines is 1. The maximum atomic E-state index is 11.9. The lowest BCUT2D eigenvalue weighted by Crippen LogP contribution is -2.38. The molecule has 4 nitrogen and oxygen atoms in total. The second kappa shape index (κ2) is 7.90. The highest BCUT2D eigenvalue weighted by Gasteiger charge is 2.16. The third-order valence-electron chi connectivity index (χ3n) is 3.22. The third-order valence-corrected chi connectivity index (χ3v) is 3.45. The molecule has 1 aromatic carbocycles. The lowest BCUT2D eigenvalue weighted by molar-refractivity contribution is -0.131. The number of nitrogens with zero attached hydrogens (tertiary/aromatic N) is 1. The van der Waals surface area contributed by atoms with Gasteiger partial charge in [-0.2, -0.15) is 0 Å². The molecule has 5 heteroatoms. The minimum atomic E-state index is -0.123. The molecule has 0 aromatic heterocycles. The molecule has 1 rings (SSSR count). The van der Waals surface area contributed by atoms with Crippen LogP contribution in [-0.2, 0) is 9.59 Å². The summed E-state index contributed by atoms with van der Waals surface area (Å²) in [5.74, 6) is -0.128. The van der Waals surface area contributed by atoms with Crippen LogP contribution in [0.1, 0.15) is 33.6 Å². The zero-order valence-corrected chi connectivity index (χ0v) is 12.9. The van der Waals surface area contributed by atoms with Crippen LogP contribution in [0.3, 0.4) is 0 Å². The van der Waals surface area contributed by atoms with Crippen molar-refractivity contribution in [2.75, 3.05) is 11.9 Å². The van der Waals surface area contributed by atoms with Gasteiger partial charge in [0.25, 0.3) is 0 Å². The van der Waals surface area contributed by atoms with E-state index in [1.54, 1.807) is 29.2 Å². The van der Waals surface area contributed by atoms with E-state index in [2.05, 4.69) is 5.32 Å². The summed E-state index contributed by atoms with van der Waals surface area (Å²) in [5, 5.41) is 3.35. The molecule has 0 spiro atoms. The van der Waals surface area contributed by atoms with Crippen LogP contribution < -0.4 is 5.32 Å². The molecule has 0 bridgehead atoms. The minimum absolute atomic E-state index is 0.00472. The average molecular weight is 297 g/mol. The average Bonchev–Trinajstić information content (AvgIpc) is 2.38. The Kier molecular flexibility index (Phi) is 6.52. The Labute approximate surface area is 125 Å². The fourth-order valence-corrected chi connectivity index (χ4v) is 2.11. The molecule has 1 unspecified atom stereocenters. The lowest BCUT2D eigenvalue weighted by atomic mass is 10.2. The van der Waals surface area contributed by atoms with Crippen LogP contribution >= 0.6 is 11.6 Å². The first kappa shape index (κ1) is 16.5. The van der Waals surface area contributed by atoms with Crippen molar-refractivity contribution in [2.24, 2.45) is 0 Å². The smallest absolute Gasteiger partial charge is 0.226 e. The fourth-order valence-electron chi connectivity index (χ4n) is 1.92. The molecule has 2 amide bonds. The van der Waals surface area contributed by atoms with Crippen molar-refractivity contribution >= 4 is 29.1 Å². The minimum Gasteiger partial charge on any atom is -0.340 e. The SMILES string of the molecule is CCC(C)N(CCC(=O)Nc1cccc(Cl)c1)C(C)=O. The summed E-state index contributed by atoms with van der Waals surface area (Å²) in [7, 11) is 0. The first-order valence-corrected chi connectivity index (χ1v) is 7.14. The van der Waals surface area contributed by atoms with Crippen LogP contribution in [0.2, 0.25) is 5.02 Å². The monoisotopic (exact) mass is 296 g/mol. The quantitative estimate of drug-likeness (QED) is 0.875. The maximum Gasteiger partial charge on any atom is 0.226 e. The Hall–Kier alpha value is -1.55. The van der Waals surface area contributed by atoms with Crippen molar-refractivity contribution in [1.29, 1.82) is 0 Å². The Morgan fingerprint density at radius 3 is 2.65 bits per heavy atom. The summed E-state index contributed by atoms with van der Waals surface area (Å²) >= 11 is 5.85. The van der Waals surface area contributed by atoms with Crippen LogP contribution in [0.4, 0.5) is 5.69 Å². The van der Waals surface area contributed by atoms with E-state index in [1.165, 1.54) is 6.92 Å². The molecule has 0 heterocycles. The van der Waals surface area contributed by atoms with Gasteiger partial charge in [-0.3, -0.25) is 9.59 Å². The molecule has 0 aliphatic rings. The summed E-state index contributed by atoms with van der Waals surface area (Å²) < 4.78 is 0. The predicted molar refractivity (Wildman–Crippen MR) is 81.8 cm³/mol. The van der Waals surface area contributed by atoms with Crippen molar-refractivity contribution in [2.45, 2.75) is 39.7 Å².